The van der Waals surface area contributed by atoms with Crippen LogP contribution in [-0.2, 0) is 23.5 Å². The number of aryl methyl sites for hydroxylation is 3. The van der Waals surface area contributed by atoms with Crippen molar-refractivity contribution in [2.75, 3.05) is 10.5 Å². The molecule has 7 heteroatoms. The number of nitrogens with zero attached hydrogens (tertiary/aromatic N) is 2. The number of anilines is 2. The Balaban J connectivity index is 2.43. The number of nitrogen functional groups attached to an aromatic ring is 1. The van der Waals surface area contributed by atoms with Crippen LogP contribution in [0.1, 0.15) is 23.7 Å². The highest BCUT2D eigenvalue weighted by atomic mass is 32.2. The summed E-state index contributed by atoms with van der Waals surface area (Å²) < 4.78 is 29.2. The lowest BCUT2D eigenvalue weighted by Crippen LogP contribution is -2.14. The first-order valence-electron chi connectivity index (χ1n) is 6.66. The van der Waals surface area contributed by atoms with Crippen molar-refractivity contribution >= 4 is 21.4 Å². The fraction of sp³-hybridized carbons (Fsp3) is 0.357. The highest BCUT2D eigenvalue weighted by Crippen LogP contribution is 2.24. The van der Waals surface area contributed by atoms with Crippen LogP contribution >= 0.6 is 0 Å². The van der Waals surface area contributed by atoms with E-state index in [-0.39, 0.29) is 4.90 Å². The molecule has 0 fully saturated rings. The first-order valence-corrected chi connectivity index (χ1v) is 8.15. The third-order valence-corrected chi connectivity index (χ3v) is 4.82. The van der Waals surface area contributed by atoms with E-state index in [1.54, 1.807) is 24.0 Å². The highest BCUT2D eigenvalue weighted by molar-refractivity contribution is 7.92. The van der Waals surface area contributed by atoms with Crippen molar-refractivity contribution in [1.29, 1.82) is 0 Å². The summed E-state index contributed by atoms with van der Waals surface area (Å²) in [4.78, 5) is 0.161. The molecule has 21 heavy (non-hydrogen) atoms. The molecule has 0 aliphatic heterocycles. The van der Waals surface area contributed by atoms with E-state index in [2.05, 4.69) is 9.82 Å². The molecule has 0 radical (unpaired) electrons. The maximum atomic E-state index is 12.5. The van der Waals surface area contributed by atoms with Gasteiger partial charge in [-0.2, -0.15) is 5.10 Å². The number of hydrogen-bond acceptors (Lipinski definition) is 4. The summed E-state index contributed by atoms with van der Waals surface area (Å²) in [6.07, 6.45) is 2.30. The molecule has 0 saturated carbocycles. The predicted octanol–water partition coefficient (Wildman–Crippen LogP) is 1.98. The molecule has 6 nitrogen and oxygen atoms in total. The number of benzene rings is 1. The van der Waals surface area contributed by atoms with E-state index < -0.39 is 10.0 Å². The van der Waals surface area contributed by atoms with Crippen LogP contribution in [0.15, 0.2) is 23.2 Å². The molecule has 0 aliphatic carbocycles. The van der Waals surface area contributed by atoms with Gasteiger partial charge in [0.25, 0.3) is 10.0 Å². The quantitative estimate of drug-likeness (QED) is 0.845. The average Bonchev–Trinajstić information content (AvgIpc) is 2.74. The van der Waals surface area contributed by atoms with Gasteiger partial charge < -0.3 is 5.73 Å². The van der Waals surface area contributed by atoms with Crippen molar-refractivity contribution in [3.63, 3.8) is 0 Å². The normalized spacial score (nSPS) is 11.6. The van der Waals surface area contributed by atoms with Crippen molar-refractivity contribution in [3.8, 4) is 0 Å². The summed E-state index contributed by atoms with van der Waals surface area (Å²) in [6.45, 7) is 5.63. The van der Waals surface area contributed by atoms with E-state index in [1.807, 2.05) is 20.8 Å². The zero-order valence-electron chi connectivity index (χ0n) is 12.6. The molecule has 0 spiro atoms. The second kappa shape index (κ2) is 5.40. The summed E-state index contributed by atoms with van der Waals surface area (Å²) in [6, 6.07) is 3.10. The van der Waals surface area contributed by atoms with Crippen LogP contribution in [0.3, 0.4) is 0 Å². The monoisotopic (exact) mass is 308 g/mol. The largest absolute Gasteiger partial charge is 0.398 e. The van der Waals surface area contributed by atoms with Gasteiger partial charge in [-0.05, 0) is 43.5 Å². The molecular formula is C14H20N4O2S. The van der Waals surface area contributed by atoms with Crippen LogP contribution in [0.25, 0.3) is 0 Å². The van der Waals surface area contributed by atoms with Gasteiger partial charge in [0.1, 0.15) is 0 Å². The lowest BCUT2D eigenvalue weighted by atomic mass is 10.1. The molecule has 1 heterocycles. The van der Waals surface area contributed by atoms with Gasteiger partial charge in [0.15, 0.2) is 0 Å². The van der Waals surface area contributed by atoms with Gasteiger partial charge in [0, 0.05) is 18.9 Å². The maximum Gasteiger partial charge on any atom is 0.262 e. The number of nitrogens with one attached hydrogen (secondary N) is 1. The van der Waals surface area contributed by atoms with E-state index in [0.29, 0.717) is 23.5 Å². The molecule has 2 rings (SSSR count). The molecule has 0 saturated heterocycles. The fourth-order valence-corrected chi connectivity index (χ4v) is 3.28. The van der Waals surface area contributed by atoms with E-state index in [1.165, 1.54) is 6.07 Å². The summed E-state index contributed by atoms with van der Waals surface area (Å²) in [5.41, 5.74) is 9.27. The third kappa shape index (κ3) is 3.02. The Bertz CT molecular complexity index is 755. The van der Waals surface area contributed by atoms with Crippen LogP contribution in [0.4, 0.5) is 11.4 Å². The van der Waals surface area contributed by atoms with Crippen LogP contribution in [0.2, 0.25) is 0 Å². The van der Waals surface area contributed by atoms with E-state index >= 15 is 0 Å². The molecule has 1 aromatic carbocycles. The molecule has 2 aromatic rings. The molecule has 3 N–H and O–H groups in total. The Morgan fingerprint density at radius 3 is 2.57 bits per heavy atom. The van der Waals surface area contributed by atoms with Gasteiger partial charge in [-0.1, -0.05) is 6.92 Å². The molecule has 1 aromatic heterocycles. The van der Waals surface area contributed by atoms with Gasteiger partial charge >= 0.3 is 0 Å². The van der Waals surface area contributed by atoms with Crippen molar-refractivity contribution in [2.24, 2.45) is 7.05 Å². The van der Waals surface area contributed by atoms with Gasteiger partial charge in [0.2, 0.25) is 0 Å². The van der Waals surface area contributed by atoms with Crippen molar-refractivity contribution in [1.82, 2.24) is 9.78 Å². The van der Waals surface area contributed by atoms with Crippen LogP contribution < -0.4 is 10.5 Å². The smallest absolute Gasteiger partial charge is 0.262 e. The van der Waals surface area contributed by atoms with Gasteiger partial charge in [0.05, 0.1) is 16.3 Å². The fourth-order valence-electron chi connectivity index (χ4n) is 2.09. The minimum Gasteiger partial charge on any atom is -0.398 e. The molecule has 0 atom stereocenters. The molecular weight excluding hydrogens is 288 g/mol. The average molecular weight is 308 g/mol. The van der Waals surface area contributed by atoms with Crippen LogP contribution in [0, 0.1) is 13.8 Å². The third-order valence-electron chi connectivity index (χ3n) is 3.48. The van der Waals surface area contributed by atoms with Crippen LogP contribution in [0.5, 0.6) is 0 Å². The molecule has 0 unspecified atom stereocenters. The first kappa shape index (κ1) is 15.4. The van der Waals surface area contributed by atoms with Crippen molar-refractivity contribution in [3.05, 3.63) is 35.2 Å². The first-order chi connectivity index (χ1) is 9.74. The Hall–Kier alpha value is -2.02. The van der Waals surface area contributed by atoms with Gasteiger partial charge in [-0.15, -0.1) is 0 Å². The standard InChI is InChI=1S/C14H20N4O2S/c1-5-13-14(8-18(4)16-13)17-21(19,20)11-6-9(2)10(3)12(15)7-11/h6-8,17H,5,15H2,1-4H3. The van der Waals surface area contributed by atoms with Crippen LogP contribution in [-0.4, -0.2) is 18.2 Å². The van der Waals surface area contributed by atoms with Crippen molar-refractivity contribution < 1.29 is 8.42 Å². The Morgan fingerprint density at radius 2 is 2.00 bits per heavy atom. The Morgan fingerprint density at radius 1 is 1.33 bits per heavy atom. The summed E-state index contributed by atoms with van der Waals surface area (Å²) in [5.74, 6) is 0. The van der Waals surface area contributed by atoms with E-state index in [4.69, 9.17) is 5.73 Å². The molecule has 114 valence electrons. The number of nitrogens with two attached hydrogens (primary N) is 1. The minimum absolute atomic E-state index is 0.161. The zero-order valence-corrected chi connectivity index (χ0v) is 13.5. The van der Waals surface area contributed by atoms with Gasteiger partial charge in [-0.3, -0.25) is 9.40 Å². The Kier molecular flexibility index (Phi) is 3.95. The number of rotatable bonds is 4. The van der Waals surface area contributed by atoms with E-state index in [9.17, 15) is 8.42 Å². The number of aromatic nitrogens is 2. The molecule has 0 aliphatic rings. The maximum absolute atomic E-state index is 12.5. The molecule has 0 bridgehead atoms. The lowest BCUT2D eigenvalue weighted by molar-refractivity contribution is 0.601. The highest BCUT2D eigenvalue weighted by Gasteiger charge is 2.19. The summed E-state index contributed by atoms with van der Waals surface area (Å²) in [7, 11) is -1.92. The summed E-state index contributed by atoms with van der Waals surface area (Å²) in [5, 5.41) is 4.22. The zero-order chi connectivity index (χ0) is 15.8. The Labute approximate surface area is 125 Å². The van der Waals surface area contributed by atoms with E-state index in [0.717, 1.165) is 11.1 Å². The predicted molar refractivity (Wildman–Crippen MR) is 83.7 cm³/mol. The van der Waals surface area contributed by atoms with Gasteiger partial charge in [-0.25, -0.2) is 8.42 Å². The second-order valence-electron chi connectivity index (χ2n) is 5.08. The minimum atomic E-state index is -3.68. The topological polar surface area (TPSA) is 90.0 Å². The van der Waals surface area contributed by atoms with Crippen molar-refractivity contribution in [2.45, 2.75) is 32.1 Å². The lowest BCUT2D eigenvalue weighted by Gasteiger charge is -2.11. The second-order valence-corrected chi connectivity index (χ2v) is 6.76. The SMILES string of the molecule is CCc1nn(C)cc1NS(=O)(=O)c1cc(C)c(C)c(N)c1. The summed E-state index contributed by atoms with van der Waals surface area (Å²) >= 11 is 0. The number of hydrogen-bond donors (Lipinski definition) is 2. The molecule has 0 amide bonds. The number of sulfonamides is 1.